The van der Waals surface area contributed by atoms with Crippen LogP contribution in [-0.4, -0.2) is 116 Å². The highest BCUT2D eigenvalue weighted by molar-refractivity contribution is 6.33. The van der Waals surface area contributed by atoms with Crippen molar-refractivity contribution in [1.82, 2.24) is 33.9 Å². The Bertz CT molecular complexity index is 2020. The van der Waals surface area contributed by atoms with Gasteiger partial charge in [-0.25, -0.2) is 4.98 Å². The topological polar surface area (TPSA) is 162 Å². The first kappa shape index (κ1) is 35.6. The third-order valence-electron chi connectivity index (χ3n) is 8.88. The zero-order valence-electron chi connectivity index (χ0n) is 27.4. The van der Waals surface area contributed by atoms with Crippen LogP contribution >= 0.6 is 11.6 Å². The summed E-state index contributed by atoms with van der Waals surface area (Å²) < 4.78 is 42.3. The number of alkyl halides is 3. The molecule has 0 spiro atoms. The average Bonchev–Trinajstić information content (AvgIpc) is 3.56. The van der Waals surface area contributed by atoms with Crippen LogP contribution in [0, 0.1) is 0 Å². The molecule has 1 aromatic carbocycles. The molecule has 0 saturated carbocycles. The number of pyridine rings is 1. The summed E-state index contributed by atoms with van der Waals surface area (Å²) in [5.41, 5.74) is -0.842. The summed E-state index contributed by atoms with van der Waals surface area (Å²) in [5, 5.41) is 17.0. The molecule has 0 radical (unpaired) electrons. The number of hydrogen-bond donors (Lipinski definition) is 2. The summed E-state index contributed by atoms with van der Waals surface area (Å²) in [6, 6.07) is 5.50. The fourth-order valence-electron chi connectivity index (χ4n) is 6.26. The van der Waals surface area contributed by atoms with E-state index in [0.717, 1.165) is 29.0 Å². The Morgan fingerprint density at radius 2 is 1.75 bits per heavy atom. The van der Waals surface area contributed by atoms with Gasteiger partial charge in [0.1, 0.15) is 24.3 Å². The minimum Gasteiger partial charge on any atom is -0.505 e. The van der Waals surface area contributed by atoms with Crippen LogP contribution in [0.3, 0.4) is 0 Å². The molecule has 0 bridgehead atoms. The summed E-state index contributed by atoms with van der Waals surface area (Å²) in [6.45, 7) is 4.71. The van der Waals surface area contributed by atoms with Crippen molar-refractivity contribution in [3.8, 4) is 5.75 Å². The van der Waals surface area contributed by atoms with Crippen molar-refractivity contribution < 1.29 is 32.7 Å². The number of nitrogens with zero attached hydrogens (tertiary/aromatic N) is 9. The molecule has 15 nitrogen and oxygen atoms in total. The van der Waals surface area contributed by atoms with Crippen molar-refractivity contribution in [1.29, 1.82) is 0 Å². The van der Waals surface area contributed by atoms with Crippen LogP contribution in [0.4, 0.5) is 30.5 Å². The molecule has 4 aromatic rings. The van der Waals surface area contributed by atoms with Crippen LogP contribution in [0.1, 0.15) is 28.7 Å². The van der Waals surface area contributed by atoms with E-state index in [1.54, 1.807) is 4.57 Å². The number of carbonyl (C=O) groups is 3. The summed E-state index contributed by atoms with van der Waals surface area (Å²) in [7, 11) is 0. The van der Waals surface area contributed by atoms with E-state index >= 15 is 0 Å². The van der Waals surface area contributed by atoms with Gasteiger partial charge in [0.05, 0.1) is 28.5 Å². The summed E-state index contributed by atoms with van der Waals surface area (Å²) in [5.74, 6) is -0.999. The largest absolute Gasteiger partial charge is 0.505 e. The van der Waals surface area contributed by atoms with Gasteiger partial charge < -0.3 is 34.5 Å². The smallest absolute Gasteiger partial charge is 0.416 e. The van der Waals surface area contributed by atoms with Crippen molar-refractivity contribution in [2.75, 3.05) is 74.0 Å². The number of aromatic nitrogens is 5. The first-order valence-electron chi connectivity index (χ1n) is 16.2. The molecule has 5 heterocycles. The van der Waals surface area contributed by atoms with E-state index in [4.69, 9.17) is 11.6 Å². The maximum atomic E-state index is 14.2. The average molecular weight is 731 g/mol. The van der Waals surface area contributed by atoms with E-state index < -0.39 is 29.1 Å². The highest BCUT2D eigenvalue weighted by atomic mass is 35.5. The Labute approximate surface area is 293 Å². The first-order chi connectivity index (χ1) is 24.4. The molecule has 6 rings (SSSR count). The van der Waals surface area contributed by atoms with Gasteiger partial charge in [-0.05, 0) is 36.8 Å². The predicted octanol–water partition coefficient (Wildman–Crippen LogP) is 2.15. The van der Waals surface area contributed by atoms with Crippen molar-refractivity contribution in [3.63, 3.8) is 0 Å². The lowest BCUT2D eigenvalue weighted by Crippen LogP contribution is -2.51. The Morgan fingerprint density at radius 1 is 1.04 bits per heavy atom. The van der Waals surface area contributed by atoms with Gasteiger partial charge in [0, 0.05) is 58.6 Å². The van der Waals surface area contributed by atoms with Gasteiger partial charge >= 0.3 is 6.18 Å². The number of halogens is 4. The van der Waals surface area contributed by atoms with Crippen LogP contribution in [0.25, 0.3) is 5.78 Å². The molecule has 2 aliphatic rings. The molecule has 2 saturated heterocycles. The summed E-state index contributed by atoms with van der Waals surface area (Å²) in [6.07, 6.45) is -2.09. The van der Waals surface area contributed by atoms with E-state index in [1.807, 2.05) is 21.6 Å². The lowest BCUT2D eigenvalue weighted by Gasteiger charge is -2.36. The second-order valence-electron chi connectivity index (χ2n) is 12.0. The molecule has 0 atom stereocenters. The Kier molecular flexibility index (Phi) is 10.2. The number of aromatic hydroxyl groups is 1. The molecule has 0 aliphatic carbocycles. The van der Waals surface area contributed by atoms with Gasteiger partial charge in [-0.1, -0.05) is 18.5 Å². The maximum Gasteiger partial charge on any atom is 0.416 e. The standard InChI is InChI=1S/C32H34ClF3N10O5/c1-2-23-27(42-12-14-43(15-13-42)28(50)26-24(48)4-3-7-37-26)29(51)46-31(39-30(40-46)44-10-8-41(9-11-44)16-17-47)45(23)19-25(49)38-22-6-5-20(18-21(22)33)32(34,35)36/h3-7,17-18,48H,2,8-16,19H2,1H3,(H,38,49). The van der Waals surface area contributed by atoms with Crippen LogP contribution < -0.4 is 20.7 Å². The van der Waals surface area contributed by atoms with Crippen molar-refractivity contribution in [2.45, 2.75) is 26.1 Å². The summed E-state index contributed by atoms with van der Waals surface area (Å²) in [4.78, 5) is 67.7. The molecular formula is C32H34ClF3N10O5. The lowest BCUT2D eigenvalue weighted by molar-refractivity contribution is -0.137. The number of amides is 2. The molecule has 19 heteroatoms. The van der Waals surface area contributed by atoms with Crippen molar-refractivity contribution >= 4 is 52.8 Å². The SMILES string of the molecule is CCc1c(N2CCN(C(=O)c3ncccc3O)CC2)c(=O)n2nc(N3CCN(CC=O)CC3)nc2n1CC(=O)Nc1ccc(C(F)(F)F)cc1Cl. The molecule has 2 aliphatic heterocycles. The number of piperazine rings is 2. The van der Waals surface area contributed by atoms with Crippen molar-refractivity contribution in [2.24, 2.45) is 0 Å². The number of nitrogens with one attached hydrogen (secondary N) is 1. The van der Waals surface area contributed by atoms with E-state index in [2.05, 4.69) is 20.4 Å². The molecule has 0 unspecified atom stereocenters. The number of hydrogen-bond acceptors (Lipinski definition) is 11. The number of aldehydes is 1. The zero-order chi connectivity index (χ0) is 36.4. The number of anilines is 3. The maximum absolute atomic E-state index is 14.2. The van der Waals surface area contributed by atoms with Gasteiger partial charge in [-0.15, -0.1) is 5.10 Å². The first-order valence-corrected chi connectivity index (χ1v) is 16.6. The third-order valence-corrected chi connectivity index (χ3v) is 9.19. The van der Waals surface area contributed by atoms with E-state index in [0.29, 0.717) is 38.4 Å². The molecule has 3 aromatic heterocycles. The van der Waals surface area contributed by atoms with Gasteiger partial charge in [-0.3, -0.25) is 19.3 Å². The minimum absolute atomic E-state index is 0.0277. The minimum atomic E-state index is -4.62. The van der Waals surface area contributed by atoms with Gasteiger partial charge in [0.2, 0.25) is 17.6 Å². The van der Waals surface area contributed by atoms with E-state index in [9.17, 15) is 37.5 Å². The Hall–Kier alpha value is -5.23. The number of fused-ring (bicyclic) bond motifs is 1. The molecule has 2 N–H and O–H groups in total. The molecular weight excluding hydrogens is 697 g/mol. The molecule has 2 amide bonds. The summed E-state index contributed by atoms with van der Waals surface area (Å²) >= 11 is 6.11. The normalized spacial score (nSPS) is 15.7. The van der Waals surface area contributed by atoms with Gasteiger partial charge in [-0.2, -0.15) is 22.7 Å². The monoisotopic (exact) mass is 730 g/mol. The highest BCUT2D eigenvalue weighted by Crippen LogP contribution is 2.34. The predicted molar refractivity (Wildman–Crippen MR) is 180 cm³/mol. The fourth-order valence-corrected chi connectivity index (χ4v) is 6.49. The van der Waals surface area contributed by atoms with E-state index in [-0.39, 0.29) is 78.7 Å². The van der Waals surface area contributed by atoms with Gasteiger partial charge in [0.15, 0.2) is 5.69 Å². The Balaban J connectivity index is 1.34. The number of benzene rings is 1. The molecule has 2 fully saturated rings. The highest BCUT2D eigenvalue weighted by Gasteiger charge is 2.32. The number of rotatable bonds is 9. The van der Waals surface area contributed by atoms with Crippen LogP contribution in [0.15, 0.2) is 41.3 Å². The quantitative estimate of drug-likeness (QED) is 0.243. The van der Waals surface area contributed by atoms with E-state index in [1.165, 1.54) is 23.2 Å². The molecule has 51 heavy (non-hydrogen) atoms. The second-order valence-corrected chi connectivity index (χ2v) is 12.4. The van der Waals surface area contributed by atoms with Crippen LogP contribution in [0.2, 0.25) is 5.02 Å². The molecule has 270 valence electrons. The fraction of sp³-hybridized carbons (Fsp3) is 0.406. The second kappa shape index (κ2) is 14.6. The zero-order valence-corrected chi connectivity index (χ0v) is 28.2. The van der Waals surface area contributed by atoms with Crippen LogP contribution in [0.5, 0.6) is 5.75 Å². The van der Waals surface area contributed by atoms with Crippen molar-refractivity contribution in [3.05, 3.63) is 68.9 Å². The lowest BCUT2D eigenvalue weighted by atomic mass is 10.2. The Morgan fingerprint density at radius 3 is 2.37 bits per heavy atom. The van der Waals surface area contributed by atoms with Crippen LogP contribution in [-0.2, 0) is 28.7 Å². The third kappa shape index (κ3) is 7.32. The van der Waals surface area contributed by atoms with Gasteiger partial charge in [0.25, 0.3) is 11.5 Å². The number of carbonyl (C=O) groups excluding carboxylic acids is 3.